The number of hydrogen-bond acceptors (Lipinski definition) is 3. The predicted octanol–water partition coefficient (Wildman–Crippen LogP) is 1.83. The average molecular weight is 230 g/mol. The molecule has 0 aromatic heterocycles. The maximum absolute atomic E-state index is 10.5. The molecule has 1 unspecified atom stereocenters. The zero-order chi connectivity index (χ0) is 11.6. The summed E-state index contributed by atoms with van der Waals surface area (Å²) in [7, 11) is 0. The second kappa shape index (κ2) is 4.51. The number of nitrogens with two attached hydrogens (primary N) is 1. The summed E-state index contributed by atoms with van der Waals surface area (Å²) < 4.78 is 0. The van der Waals surface area contributed by atoms with Crippen LogP contribution in [0.2, 0.25) is 5.02 Å². The summed E-state index contributed by atoms with van der Waals surface area (Å²) >= 11 is 5.75. The number of carbonyl (C=O) groups is 1. The molecule has 82 valence electrons. The Balaban J connectivity index is 3.00. The number of carboxylic acid groups (broad SMARTS) is 1. The van der Waals surface area contributed by atoms with E-state index < -0.39 is 12.0 Å². The standard InChI is InChI=1S/C10H12ClNO3/c1-5-2-6(3-7(11)10(5)15)8(12)4-9(13)14/h2-3,8,15H,4,12H2,1H3,(H,13,14). The van der Waals surface area contributed by atoms with Gasteiger partial charge in [-0.2, -0.15) is 0 Å². The van der Waals surface area contributed by atoms with Crippen molar-refractivity contribution in [3.05, 3.63) is 28.3 Å². The number of hydrogen-bond donors (Lipinski definition) is 3. The Morgan fingerprint density at radius 2 is 2.20 bits per heavy atom. The average Bonchev–Trinajstić information content (AvgIpc) is 2.12. The lowest BCUT2D eigenvalue weighted by Gasteiger charge is -2.12. The first-order valence-corrected chi connectivity index (χ1v) is 4.76. The van der Waals surface area contributed by atoms with Crippen LogP contribution in [0.3, 0.4) is 0 Å². The molecule has 4 N–H and O–H groups in total. The van der Waals surface area contributed by atoms with Gasteiger partial charge in [-0.05, 0) is 24.1 Å². The molecule has 1 aromatic rings. The van der Waals surface area contributed by atoms with Gasteiger partial charge in [-0.1, -0.05) is 17.7 Å². The van der Waals surface area contributed by atoms with Gasteiger partial charge in [0.2, 0.25) is 0 Å². The molecule has 0 aliphatic carbocycles. The SMILES string of the molecule is Cc1cc(C(N)CC(=O)O)cc(Cl)c1O. The lowest BCUT2D eigenvalue weighted by atomic mass is 10.0. The Labute approximate surface area is 92.3 Å². The second-order valence-electron chi connectivity index (χ2n) is 3.37. The third kappa shape index (κ3) is 2.84. The quantitative estimate of drug-likeness (QED) is 0.738. The van der Waals surface area contributed by atoms with Crippen LogP contribution in [0.5, 0.6) is 5.75 Å². The largest absolute Gasteiger partial charge is 0.506 e. The number of aliphatic carboxylic acids is 1. The van der Waals surface area contributed by atoms with Crippen LogP contribution >= 0.6 is 11.6 Å². The van der Waals surface area contributed by atoms with Gasteiger partial charge in [-0.25, -0.2) is 0 Å². The van der Waals surface area contributed by atoms with Crippen molar-refractivity contribution >= 4 is 17.6 Å². The fourth-order valence-electron chi connectivity index (χ4n) is 1.28. The van der Waals surface area contributed by atoms with Crippen LogP contribution in [0, 0.1) is 6.92 Å². The van der Waals surface area contributed by atoms with Gasteiger partial charge in [-0.15, -0.1) is 0 Å². The van der Waals surface area contributed by atoms with Crippen LogP contribution < -0.4 is 5.73 Å². The van der Waals surface area contributed by atoms with Gasteiger partial charge in [0.1, 0.15) is 5.75 Å². The van der Waals surface area contributed by atoms with Gasteiger partial charge in [-0.3, -0.25) is 4.79 Å². The second-order valence-corrected chi connectivity index (χ2v) is 3.78. The minimum atomic E-state index is -0.968. The van der Waals surface area contributed by atoms with Crippen molar-refractivity contribution in [1.29, 1.82) is 0 Å². The fraction of sp³-hybridized carbons (Fsp3) is 0.300. The van der Waals surface area contributed by atoms with Crippen molar-refractivity contribution in [3.63, 3.8) is 0 Å². The van der Waals surface area contributed by atoms with Gasteiger partial charge >= 0.3 is 5.97 Å². The number of benzene rings is 1. The summed E-state index contributed by atoms with van der Waals surface area (Å²) in [5.74, 6) is -0.965. The van der Waals surface area contributed by atoms with Crippen LogP contribution in [0.1, 0.15) is 23.6 Å². The zero-order valence-corrected chi connectivity index (χ0v) is 8.95. The van der Waals surface area contributed by atoms with Gasteiger partial charge < -0.3 is 15.9 Å². The van der Waals surface area contributed by atoms with E-state index in [-0.39, 0.29) is 17.2 Å². The number of phenolic OH excluding ortho intramolecular Hbond substituents is 1. The van der Waals surface area contributed by atoms with Gasteiger partial charge in [0.05, 0.1) is 11.4 Å². The molecule has 0 amide bonds. The van der Waals surface area contributed by atoms with Gasteiger partial charge in [0, 0.05) is 6.04 Å². The van der Waals surface area contributed by atoms with Crippen LogP contribution in [0.15, 0.2) is 12.1 Å². The van der Waals surface area contributed by atoms with Gasteiger partial charge in [0.25, 0.3) is 0 Å². The molecule has 0 aliphatic heterocycles. The molecule has 1 atom stereocenters. The van der Waals surface area contributed by atoms with E-state index in [2.05, 4.69) is 0 Å². The normalized spacial score (nSPS) is 12.5. The Morgan fingerprint density at radius 3 is 2.67 bits per heavy atom. The van der Waals surface area contributed by atoms with E-state index in [9.17, 15) is 9.90 Å². The molecule has 0 bridgehead atoms. The number of rotatable bonds is 3. The molecular formula is C10H12ClNO3. The van der Waals surface area contributed by atoms with E-state index in [1.807, 2.05) is 0 Å². The van der Waals surface area contributed by atoms with E-state index >= 15 is 0 Å². The smallest absolute Gasteiger partial charge is 0.305 e. The van der Waals surface area contributed by atoms with Crippen LogP contribution in [0.25, 0.3) is 0 Å². The Morgan fingerprint density at radius 1 is 1.60 bits per heavy atom. The van der Waals surface area contributed by atoms with Crippen molar-refractivity contribution in [1.82, 2.24) is 0 Å². The van der Waals surface area contributed by atoms with Gasteiger partial charge in [0.15, 0.2) is 0 Å². The van der Waals surface area contributed by atoms with Crippen molar-refractivity contribution < 1.29 is 15.0 Å². The minimum absolute atomic E-state index is 0.00272. The molecule has 0 spiro atoms. The lowest BCUT2D eigenvalue weighted by molar-refractivity contribution is -0.137. The highest BCUT2D eigenvalue weighted by atomic mass is 35.5. The predicted molar refractivity (Wildman–Crippen MR) is 57.0 cm³/mol. The topological polar surface area (TPSA) is 83.6 Å². The molecule has 1 aromatic carbocycles. The Hall–Kier alpha value is -1.26. The summed E-state index contributed by atoms with van der Waals surface area (Å²) in [6, 6.07) is 2.51. The highest BCUT2D eigenvalue weighted by Gasteiger charge is 2.13. The number of aryl methyl sites for hydroxylation is 1. The van der Waals surface area contributed by atoms with Crippen molar-refractivity contribution in [3.8, 4) is 5.75 Å². The summed E-state index contributed by atoms with van der Waals surface area (Å²) in [4.78, 5) is 10.5. The van der Waals surface area contributed by atoms with E-state index in [0.717, 1.165) is 0 Å². The molecule has 5 heteroatoms. The van der Waals surface area contributed by atoms with Crippen LogP contribution in [-0.4, -0.2) is 16.2 Å². The lowest BCUT2D eigenvalue weighted by Crippen LogP contribution is -2.15. The van der Waals surface area contributed by atoms with Crippen LogP contribution in [-0.2, 0) is 4.79 Å². The van der Waals surface area contributed by atoms with Crippen LogP contribution in [0.4, 0.5) is 0 Å². The zero-order valence-electron chi connectivity index (χ0n) is 8.20. The molecule has 0 saturated carbocycles. The molecule has 0 aliphatic rings. The van der Waals surface area contributed by atoms with E-state index in [1.54, 1.807) is 13.0 Å². The molecular weight excluding hydrogens is 218 g/mol. The highest BCUT2D eigenvalue weighted by molar-refractivity contribution is 6.32. The summed E-state index contributed by atoms with van der Waals surface area (Å²) in [5, 5.41) is 18.2. The monoisotopic (exact) mass is 229 g/mol. The molecule has 4 nitrogen and oxygen atoms in total. The van der Waals surface area contributed by atoms with Crippen molar-refractivity contribution in [2.45, 2.75) is 19.4 Å². The highest BCUT2D eigenvalue weighted by Crippen LogP contribution is 2.30. The van der Waals surface area contributed by atoms with E-state index in [1.165, 1.54) is 6.07 Å². The number of aromatic hydroxyl groups is 1. The summed E-state index contributed by atoms with van der Waals surface area (Å²) in [6.07, 6.45) is -0.166. The molecule has 1 rings (SSSR count). The first-order chi connectivity index (χ1) is 6.91. The maximum Gasteiger partial charge on any atom is 0.305 e. The number of phenols is 1. The van der Waals surface area contributed by atoms with E-state index in [4.69, 9.17) is 22.4 Å². The number of halogens is 1. The summed E-state index contributed by atoms with van der Waals surface area (Å²) in [6.45, 7) is 1.68. The first kappa shape index (κ1) is 11.8. The third-order valence-corrected chi connectivity index (χ3v) is 2.39. The fourth-order valence-corrected chi connectivity index (χ4v) is 1.56. The first-order valence-electron chi connectivity index (χ1n) is 4.38. The Bertz CT molecular complexity index is 369. The maximum atomic E-state index is 10.5. The molecule has 0 heterocycles. The van der Waals surface area contributed by atoms with E-state index in [0.29, 0.717) is 11.1 Å². The molecule has 0 saturated heterocycles. The third-order valence-electron chi connectivity index (χ3n) is 2.10. The van der Waals surface area contributed by atoms with Crippen molar-refractivity contribution in [2.75, 3.05) is 0 Å². The molecule has 0 fully saturated rings. The molecule has 0 radical (unpaired) electrons. The minimum Gasteiger partial charge on any atom is -0.506 e. The summed E-state index contributed by atoms with van der Waals surface area (Å²) in [5.41, 5.74) is 6.85. The van der Waals surface area contributed by atoms with Crippen molar-refractivity contribution in [2.24, 2.45) is 5.73 Å². The Kier molecular flexibility index (Phi) is 3.55. The molecule has 15 heavy (non-hydrogen) atoms. The number of carboxylic acids is 1.